The fraction of sp³-hybridized carbons (Fsp3) is 0.100. The Hall–Kier alpha value is -3.75. The summed E-state index contributed by atoms with van der Waals surface area (Å²) in [6, 6.07) is 9.99. The average molecular weight is 397 g/mol. The molecular weight excluding hydrogens is 383 g/mol. The summed E-state index contributed by atoms with van der Waals surface area (Å²) in [7, 11) is 0. The molecule has 0 radical (unpaired) electrons. The molecule has 4 aromatic rings. The number of hydrogen-bond donors (Lipinski definition) is 1. The highest BCUT2D eigenvalue weighted by Gasteiger charge is 2.30. The van der Waals surface area contributed by atoms with Crippen molar-refractivity contribution >= 4 is 17.2 Å². The molecule has 0 aliphatic rings. The number of nitrogens with zero attached hydrogens (tertiary/aromatic N) is 4. The molecule has 9 heteroatoms. The topological polar surface area (TPSA) is 72.2 Å². The SMILES string of the molecule is O=C(Cc1ncccn1)Nc1cccn2cc(-c3cccc(C(F)(F)F)c3)nc12. The van der Waals surface area contributed by atoms with Crippen molar-refractivity contribution < 1.29 is 18.0 Å². The third-order valence-electron chi connectivity index (χ3n) is 4.18. The first kappa shape index (κ1) is 18.6. The number of carbonyl (C=O) groups is 1. The van der Waals surface area contributed by atoms with Crippen LogP contribution >= 0.6 is 0 Å². The van der Waals surface area contributed by atoms with Crippen LogP contribution in [0.4, 0.5) is 18.9 Å². The lowest BCUT2D eigenvalue weighted by atomic mass is 10.1. The number of benzene rings is 1. The Morgan fingerprint density at radius 3 is 2.62 bits per heavy atom. The minimum Gasteiger partial charge on any atom is -0.323 e. The number of aromatic nitrogens is 4. The maximum absolute atomic E-state index is 13.0. The largest absolute Gasteiger partial charge is 0.416 e. The number of carbonyl (C=O) groups excluding carboxylic acids is 1. The molecule has 1 aromatic carbocycles. The number of anilines is 1. The zero-order valence-electron chi connectivity index (χ0n) is 14.9. The van der Waals surface area contributed by atoms with Gasteiger partial charge in [-0.1, -0.05) is 12.1 Å². The van der Waals surface area contributed by atoms with Crippen molar-refractivity contribution in [2.24, 2.45) is 0 Å². The van der Waals surface area contributed by atoms with Crippen LogP contribution in [-0.4, -0.2) is 25.3 Å². The minimum absolute atomic E-state index is 0.0108. The Labute approximate surface area is 163 Å². The first-order valence-corrected chi connectivity index (χ1v) is 8.61. The summed E-state index contributed by atoms with van der Waals surface area (Å²) >= 11 is 0. The highest BCUT2D eigenvalue weighted by Crippen LogP contribution is 2.32. The van der Waals surface area contributed by atoms with Crippen LogP contribution in [0.3, 0.4) is 0 Å². The van der Waals surface area contributed by atoms with Crippen molar-refractivity contribution in [2.45, 2.75) is 12.6 Å². The van der Waals surface area contributed by atoms with Crippen molar-refractivity contribution in [3.63, 3.8) is 0 Å². The van der Waals surface area contributed by atoms with Crippen LogP contribution in [0.2, 0.25) is 0 Å². The Morgan fingerprint density at radius 1 is 1.07 bits per heavy atom. The van der Waals surface area contributed by atoms with E-state index >= 15 is 0 Å². The van der Waals surface area contributed by atoms with Gasteiger partial charge in [0.2, 0.25) is 5.91 Å². The number of halogens is 3. The van der Waals surface area contributed by atoms with Gasteiger partial charge in [-0.15, -0.1) is 0 Å². The molecule has 0 saturated carbocycles. The molecule has 3 heterocycles. The molecule has 0 fully saturated rings. The zero-order chi connectivity index (χ0) is 20.4. The smallest absolute Gasteiger partial charge is 0.323 e. The van der Waals surface area contributed by atoms with Crippen molar-refractivity contribution in [3.05, 3.63) is 78.6 Å². The Morgan fingerprint density at radius 2 is 1.86 bits per heavy atom. The van der Waals surface area contributed by atoms with Crippen molar-refractivity contribution in [2.75, 3.05) is 5.32 Å². The van der Waals surface area contributed by atoms with Crippen LogP contribution in [0.25, 0.3) is 16.9 Å². The molecule has 1 N–H and O–H groups in total. The van der Waals surface area contributed by atoms with E-state index in [-0.39, 0.29) is 12.3 Å². The van der Waals surface area contributed by atoms with Crippen LogP contribution in [0.5, 0.6) is 0 Å². The summed E-state index contributed by atoms with van der Waals surface area (Å²) in [6.07, 6.45) is 1.96. The quantitative estimate of drug-likeness (QED) is 0.565. The third-order valence-corrected chi connectivity index (χ3v) is 4.18. The molecule has 0 aliphatic carbocycles. The molecule has 0 atom stereocenters. The van der Waals surface area contributed by atoms with Gasteiger partial charge in [-0.05, 0) is 30.3 Å². The molecular formula is C20H14F3N5O. The number of pyridine rings is 1. The van der Waals surface area contributed by atoms with Gasteiger partial charge in [0.25, 0.3) is 0 Å². The summed E-state index contributed by atoms with van der Waals surface area (Å²) in [5, 5.41) is 2.75. The lowest BCUT2D eigenvalue weighted by Crippen LogP contribution is -2.16. The second-order valence-corrected chi connectivity index (χ2v) is 6.25. The van der Waals surface area contributed by atoms with Gasteiger partial charge in [0, 0.05) is 30.4 Å². The third kappa shape index (κ3) is 4.08. The van der Waals surface area contributed by atoms with Crippen LogP contribution in [0, 0.1) is 0 Å². The molecule has 6 nitrogen and oxygen atoms in total. The van der Waals surface area contributed by atoms with Crippen LogP contribution in [0.1, 0.15) is 11.4 Å². The normalized spacial score (nSPS) is 11.6. The van der Waals surface area contributed by atoms with Gasteiger partial charge >= 0.3 is 6.18 Å². The van der Waals surface area contributed by atoms with Crippen molar-refractivity contribution in [3.8, 4) is 11.3 Å². The fourth-order valence-corrected chi connectivity index (χ4v) is 2.86. The van der Waals surface area contributed by atoms with Gasteiger partial charge in [0.1, 0.15) is 5.82 Å². The number of fused-ring (bicyclic) bond motifs is 1. The lowest BCUT2D eigenvalue weighted by molar-refractivity contribution is -0.137. The molecule has 0 unspecified atom stereocenters. The van der Waals surface area contributed by atoms with Gasteiger partial charge in [0.05, 0.1) is 23.4 Å². The molecule has 146 valence electrons. The van der Waals surface area contributed by atoms with Gasteiger partial charge in [-0.25, -0.2) is 15.0 Å². The Bertz CT molecular complexity index is 1170. The molecule has 0 saturated heterocycles. The van der Waals surface area contributed by atoms with E-state index in [0.717, 1.165) is 12.1 Å². The van der Waals surface area contributed by atoms with E-state index in [2.05, 4.69) is 20.3 Å². The molecule has 3 aromatic heterocycles. The Balaban J connectivity index is 1.63. The minimum atomic E-state index is -4.44. The number of amides is 1. The highest BCUT2D eigenvalue weighted by atomic mass is 19.4. The molecule has 0 bridgehead atoms. The van der Waals surface area contributed by atoms with Gasteiger partial charge < -0.3 is 9.72 Å². The molecule has 4 rings (SSSR count). The Kier molecular flexibility index (Phi) is 4.71. The predicted octanol–water partition coefficient (Wildman–Crippen LogP) is 3.99. The van der Waals surface area contributed by atoms with E-state index in [1.807, 2.05) is 0 Å². The molecule has 29 heavy (non-hydrogen) atoms. The van der Waals surface area contributed by atoms with E-state index in [0.29, 0.717) is 28.4 Å². The number of nitrogens with one attached hydrogen (secondary N) is 1. The second kappa shape index (κ2) is 7.34. The number of imidazole rings is 1. The maximum atomic E-state index is 13.0. The average Bonchev–Trinajstić information content (AvgIpc) is 3.14. The lowest BCUT2D eigenvalue weighted by Gasteiger charge is -2.07. The monoisotopic (exact) mass is 397 g/mol. The number of rotatable bonds is 4. The number of alkyl halides is 3. The first-order valence-electron chi connectivity index (χ1n) is 8.61. The van der Waals surface area contributed by atoms with E-state index < -0.39 is 11.7 Å². The summed E-state index contributed by atoms with van der Waals surface area (Å²) in [5.74, 6) is 0.0536. The van der Waals surface area contributed by atoms with Crippen molar-refractivity contribution in [1.82, 2.24) is 19.4 Å². The molecule has 1 amide bonds. The van der Waals surface area contributed by atoms with E-state index in [4.69, 9.17) is 0 Å². The number of hydrogen-bond acceptors (Lipinski definition) is 4. The maximum Gasteiger partial charge on any atom is 0.416 e. The fourth-order valence-electron chi connectivity index (χ4n) is 2.86. The predicted molar refractivity (Wildman–Crippen MR) is 100.0 cm³/mol. The molecule has 0 aliphatic heterocycles. The molecule has 0 spiro atoms. The highest BCUT2D eigenvalue weighted by molar-refractivity contribution is 5.95. The summed E-state index contributed by atoms with van der Waals surface area (Å²) < 4.78 is 40.6. The first-order chi connectivity index (χ1) is 13.9. The second-order valence-electron chi connectivity index (χ2n) is 6.25. The summed E-state index contributed by atoms with van der Waals surface area (Å²) in [4.78, 5) is 24.7. The van der Waals surface area contributed by atoms with E-state index in [1.54, 1.807) is 53.5 Å². The standard InChI is InChI=1S/C20H14F3N5O/c21-20(22,23)14-5-1-4-13(10-14)16-12-28-9-2-6-15(19(28)27-16)26-18(29)11-17-24-7-3-8-25-17/h1-10,12H,11H2,(H,26,29). The van der Waals surface area contributed by atoms with Gasteiger partial charge in [-0.2, -0.15) is 13.2 Å². The van der Waals surface area contributed by atoms with E-state index in [9.17, 15) is 18.0 Å². The summed E-state index contributed by atoms with van der Waals surface area (Å²) in [5.41, 5.74) is 0.806. The van der Waals surface area contributed by atoms with E-state index in [1.165, 1.54) is 6.07 Å². The zero-order valence-corrected chi connectivity index (χ0v) is 14.9. The van der Waals surface area contributed by atoms with Gasteiger partial charge in [0.15, 0.2) is 5.65 Å². The van der Waals surface area contributed by atoms with Crippen LogP contribution < -0.4 is 5.32 Å². The van der Waals surface area contributed by atoms with Gasteiger partial charge in [-0.3, -0.25) is 4.79 Å². The van der Waals surface area contributed by atoms with Crippen LogP contribution in [-0.2, 0) is 17.4 Å². The van der Waals surface area contributed by atoms with Crippen LogP contribution in [0.15, 0.2) is 67.3 Å². The summed E-state index contributed by atoms with van der Waals surface area (Å²) in [6.45, 7) is 0. The van der Waals surface area contributed by atoms with Crippen molar-refractivity contribution in [1.29, 1.82) is 0 Å².